The third kappa shape index (κ3) is 3.78. The summed E-state index contributed by atoms with van der Waals surface area (Å²) in [4.78, 5) is 36.9. The van der Waals surface area contributed by atoms with E-state index in [0.29, 0.717) is 34.6 Å². The van der Waals surface area contributed by atoms with Crippen LogP contribution in [0.3, 0.4) is 0 Å². The number of hydrogen-bond acceptors (Lipinski definition) is 6. The molecule has 0 radical (unpaired) electrons. The zero-order chi connectivity index (χ0) is 26.1. The van der Waals surface area contributed by atoms with Gasteiger partial charge in [-0.2, -0.15) is 4.98 Å². The Morgan fingerprint density at radius 1 is 1.16 bits per heavy atom. The lowest BCUT2D eigenvalue weighted by molar-refractivity contribution is 0.271. The number of rotatable bonds is 5. The van der Waals surface area contributed by atoms with Crippen LogP contribution >= 0.6 is 0 Å². The van der Waals surface area contributed by atoms with Gasteiger partial charge in [-0.3, -0.25) is 9.59 Å². The molecule has 0 saturated heterocycles. The molecule has 10 heteroatoms. The van der Waals surface area contributed by atoms with Gasteiger partial charge in [0, 0.05) is 55.2 Å². The van der Waals surface area contributed by atoms with E-state index in [1.165, 1.54) is 39.4 Å². The average Bonchev–Trinajstić information content (AvgIpc) is 3.56. The largest absolute Gasteiger partial charge is 0.324 e. The Balaban J connectivity index is 1.44. The lowest BCUT2D eigenvalue weighted by Crippen LogP contribution is -2.35. The Morgan fingerprint density at radius 2 is 1.95 bits per heavy atom. The summed E-state index contributed by atoms with van der Waals surface area (Å²) in [6, 6.07) is 7.30. The van der Waals surface area contributed by atoms with Crippen molar-refractivity contribution in [1.82, 2.24) is 28.8 Å². The van der Waals surface area contributed by atoms with Crippen LogP contribution in [0.4, 0.5) is 16.0 Å². The van der Waals surface area contributed by atoms with E-state index in [4.69, 9.17) is 0 Å². The third-order valence-corrected chi connectivity index (χ3v) is 7.56. The summed E-state index contributed by atoms with van der Waals surface area (Å²) in [6.07, 6.45) is 5.51. The second-order valence-corrected chi connectivity index (χ2v) is 10.6. The second-order valence-electron chi connectivity index (χ2n) is 10.6. The third-order valence-electron chi connectivity index (χ3n) is 7.56. The number of benzene rings is 1. The number of fused-ring (bicyclic) bond motifs is 3. The van der Waals surface area contributed by atoms with Gasteiger partial charge in [-0.15, -0.1) is 0 Å². The number of nitrogens with one attached hydrogen (secondary N) is 1. The molecule has 4 aromatic rings. The first-order valence-electron chi connectivity index (χ1n) is 12.7. The van der Waals surface area contributed by atoms with E-state index in [0.717, 1.165) is 24.8 Å². The highest BCUT2D eigenvalue weighted by atomic mass is 19.1. The van der Waals surface area contributed by atoms with Crippen molar-refractivity contribution < 1.29 is 4.39 Å². The summed E-state index contributed by atoms with van der Waals surface area (Å²) >= 11 is 0. The molecule has 0 atom stereocenters. The van der Waals surface area contributed by atoms with Gasteiger partial charge in [0.2, 0.25) is 5.95 Å². The molecular formula is C27H30FN7O2. The van der Waals surface area contributed by atoms with Gasteiger partial charge in [-0.1, -0.05) is 6.07 Å². The first-order chi connectivity index (χ1) is 17.7. The van der Waals surface area contributed by atoms with Gasteiger partial charge >= 0.3 is 0 Å². The lowest BCUT2D eigenvalue weighted by Gasteiger charge is -2.32. The number of halogens is 1. The van der Waals surface area contributed by atoms with E-state index in [-0.39, 0.29) is 11.6 Å². The van der Waals surface area contributed by atoms with Crippen LogP contribution in [0.2, 0.25) is 0 Å². The number of likely N-dealkylation sites (N-methyl/N-ethyl adjacent to an activating group) is 1. The second kappa shape index (κ2) is 8.37. The molecule has 0 amide bonds. The smallest absolute Gasteiger partial charge is 0.286 e. The minimum Gasteiger partial charge on any atom is -0.324 e. The van der Waals surface area contributed by atoms with Gasteiger partial charge in [0.05, 0.1) is 5.69 Å². The number of anilines is 2. The fourth-order valence-corrected chi connectivity index (χ4v) is 5.66. The minimum atomic E-state index is -0.886. The van der Waals surface area contributed by atoms with Crippen LogP contribution in [-0.2, 0) is 18.5 Å². The Kier molecular flexibility index (Phi) is 5.34. The van der Waals surface area contributed by atoms with Crippen molar-refractivity contribution in [3.05, 3.63) is 74.3 Å². The van der Waals surface area contributed by atoms with E-state index in [2.05, 4.69) is 45.4 Å². The number of hydrogen-bond donors (Lipinski definition) is 1. The van der Waals surface area contributed by atoms with Crippen molar-refractivity contribution in [3.8, 4) is 5.69 Å². The summed E-state index contributed by atoms with van der Waals surface area (Å²) in [5, 5.41) is 3.61. The Bertz CT molecular complexity index is 1660. The average molecular weight is 504 g/mol. The predicted octanol–water partition coefficient (Wildman–Crippen LogP) is 3.70. The van der Waals surface area contributed by atoms with Crippen molar-refractivity contribution >= 4 is 22.7 Å². The molecule has 2 aliphatic rings. The van der Waals surface area contributed by atoms with Crippen LogP contribution in [-0.4, -0.2) is 42.4 Å². The molecule has 6 rings (SSSR count). The zero-order valence-electron chi connectivity index (χ0n) is 21.5. The molecule has 4 heterocycles. The molecule has 1 aliphatic carbocycles. The van der Waals surface area contributed by atoms with E-state index in [1.54, 1.807) is 24.7 Å². The fourth-order valence-electron chi connectivity index (χ4n) is 5.66. The van der Waals surface area contributed by atoms with E-state index < -0.39 is 11.4 Å². The Morgan fingerprint density at radius 3 is 2.65 bits per heavy atom. The van der Waals surface area contributed by atoms with E-state index in [1.807, 2.05) is 6.92 Å². The van der Waals surface area contributed by atoms with Crippen LogP contribution in [0.15, 0.2) is 46.2 Å². The molecule has 3 aromatic heterocycles. The first kappa shape index (κ1) is 23.6. The molecule has 37 heavy (non-hydrogen) atoms. The fraction of sp³-hybridized carbons (Fsp3) is 0.407. The molecule has 1 spiro atoms. The Labute approximate surface area is 213 Å². The molecule has 9 nitrogen and oxygen atoms in total. The van der Waals surface area contributed by atoms with Gasteiger partial charge in [0.25, 0.3) is 11.1 Å². The number of aromatic nitrogens is 5. The molecule has 0 bridgehead atoms. The van der Waals surface area contributed by atoms with Gasteiger partial charge in [0.15, 0.2) is 11.5 Å². The predicted molar refractivity (Wildman–Crippen MR) is 140 cm³/mol. The molecular weight excluding hydrogens is 473 g/mol. The molecule has 0 unspecified atom stereocenters. The van der Waals surface area contributed by atoms with Crippen molar-refractivity contribution in [1.29, 1.82) is 0 Å². The molecule has 192 valence electrons. The standard InChI is InChI=1S/C27H30FN7O2/c1-5-34-24(36)20-12-29-26(30-18-6-7-21-17(10-18)13-32(4)15-27(21)8-9-27)31-23(20)35(34)19-11-22(28)25(37)33(14-19)16(2)3/h6-7,10-12,14,16H,5,8-9,13,15H2,1-4H3,(H,29,30,31). The molecule has 1 N–H and O–H groups in total. The molecule has 1 aromatic carbocycles. The maximum Gasteiger partial charge on any atom is 0.286 e. The SMILES string of the molecule is CCn1c(=O)c2cnc(Nc3ccc4c(c3)CN(C)CC43CC3)nc2n1-c1cc(F)c(=O)n(C(C)C)c1. The van der Waals surface area contributed by atoms with Crippen LogP contribution in [0.25, 0.3) is 16.7 Å². The summed E-state index contributed by atoms with van der Waals surface area (Å²) in [7, 11) is 2.16. The highest BCUT2D eigenvalue weighted by Crippen LogP contribution is 2.52. The topological polar surface area (TPSA) is 90.0 Å². The van der Waals surface area contributed by atoms with Crippen molar-refractivity contribution in [2.45, 2.75) is 58.2 Å². The summed E-state index contributed by atoms with van der Waals surface area (Å²) in [5.74, 6) is -0.555. The van der Waals surface area contributed by atoms with E-state index in [9.17, 15) is 14.0 Å². The van der Waals surface area contributed by atoms with Crippen LogP contribution < -0.4 is 16.4 Å². The maximum absolute atomic E-state index is 14.6. The van der Waals surface area contributed by atoms with Crippen LogP contribution in [0.1, 0.15) is 50.8 Å². The zero-order valence-corrected chi connectivity index (χ0v) is 21.5. The summed E-state index contributed by atoms with van der Waals surface area (Å²) in [5.41, 5.74) is 3.61. The highest BCUT2D eigenvalue weighted by molar-refractivity contribution is 5.77. The quantitative estimate of drug-likeness (QED) is 0.447. The summed E-state index contributed by atoms with van der Waals surface area (Å²) in [6.45, 7) is 7.76. The number of pyridine rings is 1. The van der Waals surface area contributed by atoms with Crippen molar-refractivity contribution in [3.63, 3.8) is 0 Å². The van der Waals surface area contributed by atoms with Crippen LogP contribution in [0.5, 0.6) is 0 Å². The molecule has 1 saturated carbocycles. The summed E-state index contributed by atoms with van der Waals surface area (Å²) < 4.78 is 19.0. The normalized spacial score (nSPS) is 16.5. The Hall–Kier alpha value is -3.79. The monoisotopic (exact) mass is 503 g/mol. The van der Waals surface area contributed by atoms with Crippen LogP contribution in [0, 0.1) is 5.82 Å². The van der Waals surface area contributed by atoms with Gasteiger partial charge in [-0.25, -0.2) is 18.7 Å². The number of nitrogens with zero attached hydrogens (tertiary/aromatic N) is 6. The van der Waals surface area contributed by atoms with Crippen molar-refractivity contribution in [2.75, 3.05) is 18.9 Å². The van der Waals surface area contributed by atoms with Gasteiger partial charge in [-0.05, 0) is 63.9 Å². The molecule has 1 aliphatic heterocycles. The van der Waals surface area contributed by atoms with Gasteiger partial charge in [0.1, 0.15) is 5.39 Å². The lowest BCUT2D eigenvalue weighted by atomic mass is 9.87. The maximum atomic E-state index is 14.6. The van der Waals surface area contributed by atoms with Crippen molar-refractivity contribution in [2.24, 2.45) is 0 Å². The van der Waals surface area contributed by atoms with E-state index >= 15 is 0 Å². The molecule has 1 fully saturated rings. The first-order valence-corrected chi connectivity index (χ1v) is 12.7. The highest BCUT2D eigenvalue weighted by Gasteiger charge is 2.48. The minimum absolute atomic E-state index is 0.254. The van der Waals surface area contributed by atoms with Gasteiger partial charge < -0.3 is 14.8 Å².